The fraction of sp³-hybridized carbons (Fsp3) is 0.370. The van der Waals surface area contributed by atoms with Gasteiger partial charge in [-0.3, -0.25) is 9.59 Å². The third-order valence-corrected chi connectivity index (χ3v) is 5.86. The van der Waals surface area contributed by atoms with Crippen LogP contribution in [0.4, 0.5) is 5.82 Å². The number of ether oxygens (including phenoxy) is 1. The lowest BCUT2D eigenvalue weighted by Gasteiger charge is -2.24. The summed E-state index contributed by atoms with van der Waals surface area (Å²) in [5.41, 5.74) is 3.41. The number of aryl methyl sites for hydroxylation is 1. The molecule has 1 N–H and O–H groups in total. The van der Waals surface area contributed by atoms with Gasteiger partial charge < -0.3 is 15.0 Å². The second kappa shape index (κ2) is 10.1. The van der Waals surface area contributed by atoms with E-state index in [9.17, 15) is 9.59 Å². The van der Waals surface area contributed by atoms with Crippen LogP contribution in [-0.4, -0.2) is 46.7 Å². The van der Waals surface area contributed by atoms with Crippen LogP contribution in [-0.2, 0) is 9.59 Å². The molecule has 1 fully saturated rings. The number of methoxy groups -OCH3 is 1. The van der Waals surface area contributed by atoms with Crippen LogP contribution >= 0.6 is 0 Å². The third kappa shape index (κ3) is 5.30. The molecule has 2 amide bonds. The molecule has 7 heteroatoms. The minimum atomic E-state index is -0.235. The van der Waals surface area contributed by atoms with Crippen molar-refractivity contribution in [2.24, 2.45) is 11.8 Å². The Morgan fingerprint density at radius 1 is 1.12 bits per heavy atom. The summed E-state index contributed by atoms with van der Waals surface area (Å²) in [6.45, 7) is 6.63. The molecule has 0 saturated heterocycles. The molecule has 34 heavy (non-hydrogen) atoms. The number of anilines is 1. The molecule has 0 atom stereocenters. The lowest BCUT2D eigenvalue weighted by molar-refractivity contribution is -0.136. The van der Waals surface area contributed by atoms with Gasteiger partial charge in [0.25, 0.3) is 0 Å². The molecule has 0 spiro atoms. The number of carbonyl (C=O) groups excluding carboxylic acids is 2. The van der Waals surface area contributed by atoms with Crippen molar-refractivity contribution in [1.29, 1.82) is 0 Å². The van der Waals surface area contributed by atoms with Gasteiger partial charge in [0.05, 0.1) is 25.0 Å². The molecule has 1 aliphatic rings. The summed E-state index contributed by atoms with van der Waals surface area (Å²) in [6, 6.07) is 17.4. The first-order valence-corrected chi connectivity index (χ1v) is 11.8. The van der Waals surface area contributed by atoms with E-state index in [1.54, 1.807) is 16.7 Å². The quantitative estimate of drug-likeness (QED) is 0.503. The van der Waals surface area contributed by atoms with Crippen LogP contribution in [0.1, 0.15) is 32.4 Å². The molecular formula is C27H32N4O3. The molecule has 2 aromatic carbocycles. The molecule has 0 bridgehead atoms. The number of rotatable bonds is 9. The van der Waals surface area contributed by atoms with E-state index in [4.69, 9.17) is 9.84 Å². The summed E-state index contributed by atoms with van der Waals surface area (Å²) in [5.74, 6) is 1.51. The summed E-state index contributed by atoms with van der Waals surface area (Å²) in [7, 11) is 1.62. The van der Waals surface area contributed by atoms with E-state index >= 15 is 0 Å². The minimum Gasteiger partial charge on any atom is -0.497 e. The highest BCUT2D eigenvalue weighted by Crippen LogP contribution is 2.34. The average Bonchev–Trinajstić information content (AvgIpc) is 3.62. The Morgan fingerprint density at radius 3 is 2.38 bits per heavy atom. The smallest absolute Gasteiger partial charge is 0.245 e. The van der Waals surface area contributed by atoms with E-state index in [2.05, 4.69) is 19.2 Å². The number of nitrogens with one attached hydrogen (secondary N) is 1. The van der Waals surface area contributed by atoms with Gasteiger partial charge in [-0.2, -0.15) is 5.10 Å². The highest BCUT2D eigenvalue weighted by atomic mass is 16.5. The van der Waals surface area contributed by atoms with Gasteiger partial charge in [-0.25, -0.2) is 4.68 Å². The Balaban J connectivity index is 1.68. The fourth-order valence-corrected chi connectivity index (χ4v) is 4.11. The molecule has 0 aliphatic heterocycles. The molecule has 178 valence electrons. The lowest BCUT2D eigenvalue weighted by Crippen LogP contribution is -2.41. The van der Waals surface area contributed by atoms with Crippen LogP contribution in [0.15, 0.2) is 54.6 Å². The highest BCUT2D eigenvalue weighted by Gasteiger charge is 2.34. The van der Waals surface area contributed by atoms with Crippen molar-refractivity contribution in [3.05, 3.63) is 60.3 Å². The standard InChI is InChI=1S/C27H32N4O3/c1-18(2)16-30(27(33)21-10-11-21)17-24(32)28-26-25(20-8-6-5-7-9-20)19(3)29-31(26)22-12-14-23(34-4)15-13-22/h5-9,12-15,18,21H,10-11,16-17H2,1-4H3,(H,28,32). The number of aromatic nitrogens is 2. The molecule has 4 rings (SSSR count). The van der Waals surface area contributed by atoms with Crippen molar-refractivity contribution < 1.29 is 14.3 Å². The van der Waals surface area contributed by atoms with Gasteiger partial charge >= 0.3 is 0 Å². The third-order valence-electron chi connectivity index (χ3n) is 5.86. The summed E-state index contributed by atoms with van der Waals surface area (Å²) in [5, 5.41) is 7.83. The van der Waals surface area contributed by atoms with Crippen LogP contribution in [0.2, 0.25) is 0 Å². The zero-order valence-electron chi connectivity index (χ0n) is 20.2. The first kappa shape index (κ1) is 23.5. The van der Waals surface area contributed by atoms with Crippen molar-refractivity contribution in [3.63, 3.8) is 0 Å². The number of benzene rings is 2. The van der Waals surface area contributed by atoms with Gasteiger partial charge in [0.15, 0.2) is 0 Å². The van der Waals surface area contributed by atoms with Gasteiger partial charge in [0.2, 0.25) is 11.8 Å². The van der Waals surface area contributed by atoms with E-state index in [-0.39, 0.29) is 30.2 Å². The molecule has 1 saturated carbocycles. The topological polar surface area (TPSA) is 76.5 Å². The van der Waals surface area contributed by atoms with Crippen molar-refractivity contribution in [3.8, 4) is 22.6 Å². The van der Waals surface area contributed by atoms with Crippen molar-refractivity contribution in [1.82, 2.24) is 14.7 Å². The predicted octanol–water partition coefficient (Wildman–Crippen LogP) is 4.69. The summed E-state index contributed by atoms with van der Waals surface area (Å²) in [4.78, 5) is 27.7. The molecule has 1 aromatic heterocycles. The van der Waals surface area contributed by atoms with Crippen LogP contribution < -0.4 is 10.1 Å². The lowest BCUT2D eigenvalue weighted by atomic mass is 10.1. The number of carbonyl (C=O) groups is 2. The second-order valence-corrected chi connectivity index (χ2v) is 9.22. The maximum Gasteiger partial charge on any atom is 0.245 e. The van der Waals surface area contributed by atoms with Crippen molar-refractivity contribution in [2.75, 3.05) is 25.5 Å². The van der Waals surface area contributed by atoms with E-state index in [1.807, 2.05) is 61.5 Å². The first-order valence-electron chi connectivity index (χ1n) is 11.8. The maximum atomic E-state index is 13.3. The normalized spacial score (nSPS) is 13.1. The Bertz CT molecular complexity index is 1150. The highest BCUT2D eigenvalue weighted by molar-refractivity contribution is 5.98. The first-order chi connectivity index (χ1) is 16.4. The molecule has 1 heterocycles. The largest absolute Gasteiger partial charge is 0.497 e. The average molecular weight is 461 g/mol. The Hall–Kier alpha value is -3.61. The zero-order valence-corrected chi connectivity index (χ0v) is 20.2. The Kier molecular flexibility index (Phi) is 7.01. The summed E-state index contributed by atoms with van der Waals surface area (Å²) >= 11 is 0. The molecule has 0 unspecified atom stereocenters. The predicted molar refractivity (Wildman–Crippen MR) is 133 cm³/mol. The van der Waals surface area contributed by atoms with Gasteiger partial charge in [0, 0.05) is 18.0 Å². The summed E-state index contributed by atoms with van der Waals surface area (Å²) < 4.78 is 7.02. The van der Waals surface area contributed by atoms with Gasteiger partial charge in [-0.05, 0) is 55.5 Å². The molecule has 3 aromatic rings. The number of nitrogens with zero attached hydrogens (tertiary/aromatic N) is 3. The molecule has 0 radical (unpaired) electrons. The van der Waals surface area contributed by atoms with Gasteiger partial charge in [-0.1, -0.05) is 44.2 Å². The van der Waals surface area contributed by atoms with E-state index in [0.717, 1.165) is 41.1 Å². The number of hydrogen-bond donors (Lipinski definition) is 1. The van der Waals surface area contributed by atoms with E-state index < -0.39 is 0 Å². The minimum absolute atomic E-state index is 0.0224. The van der Waals surface area contributed by atoms with Gasteiger partial charge in [0.1, 0.15) is 11.6 Å². The fourth-order valence-electron chi connectivity index (χ4n) is 4.11. The SMILES string of the molecule is COc1ccc(-n2nc(C)c(-c3ccccc3)c2NC(=O)CN(CC(C)C)C(=O)C2CC2)cc1. The summed E-state index contributed by atoms with van der Waals surface area (Å²) in [6.07, 6.45) is 1.83. The second-order valence-electron chi connectivity index (χ2n) is 9.22. The van der Waals surface area contributed by atoms with Crippen LogP contribution in [0.5, 0.6) is 5.75 Å². The number of amides is 2. The van der Waals surface area contributed by atoms with Crippen LogP contribution in [0, 0.1) is 18.8 Å². The molecular weight excluding hydrogens is 428 g/mol. The van der Waals surface area contributed by atoms with Crippen molar-refractivity contribution in [2.45, 2.75) is 33.6 Å². The van der Waals surface area contributed by atoms with E-state index in [1.165, 1.54) is 0 Å². The van der Waals surface area contributed by atoms with Gasteiger partial charge in [-0.15, -0.1) is 0 Å². The van der Waals surface area contributed by atoms with E-state index in [0.29, 0.717) is 12.4 Å². The monoisotopic (exact) mass is 460 g/mol. The number of hydrogen-bond acceptors (Lipinski definition) is 4. The maximum absolute atomic E-state index is 13.3. The van der Waals surface area contributed by atoms with Crippen LogP contribution in [0.3, 0.4) is 0 Å². The Labute approximate surface area is 200 Å². The van der Waals surface area contributed by atoms with Crippen molar-refractivity contribution >= 4 is 17.6 Å². The Morgan fingerprint density at radius 2 is 1.79 bits per heavy atom. The van der Waals surface area contributed by atoms with Crippen LogP contribution in [0.25, 0.3) is 16.8 Å². The zero-order chi connectivity index (χ0) is 24.2. The molecule has 1 aliphatic carbocycles. The molecule has 7 nitrogen and oxygen atoms in total.